The average Bonchev–Trinajstić information content (AvgIpc) is 3.93. The van der Waals surface area contributed by atoms with E-state index in [1.54, 1.807) is 0 Å². The SMILES string of the molecule is CC1=C2C(=O)OCCOCCOCCOc3ccc(cc3)OCCOCCOCCOC(=O)C3=C(C)OC(c4ccccc4)(c4ccccc4)C3CCCCCCCCC2C(c2ccccc2)(c2ccccc2)O1. The second-order valence-corrected chi connectivity index (χ2v) is 18.8. The van der Waals surface area contributed by atoms with Crippen molar-refractivity contribution in [2.45, 2.75) is 76.4 Å². The molecular formula is C62H72O12. The van der Waals surface area contributed by atoms with Crippen LogP contribution in [-0.2, 0) is 58.7 Å². The molecule has 4 aliphatic rings. The van der Waals surface area contributed by atoms with Gasteiger partial charge in [-0.05, 0) is 51.0 Å². The van der Waals surface area contributed by atoms with Gasteiger partial charge in [-0.3, -0.25) is 0 Å². The van der Waals surface area contributed by atoms with Crippen LogP contribution in [0.25, 0.3) is 0 Å². The van der Waals surface area contributed by atoms with Crippen LogP contribution in [0.2, 0.25) is 0 Å². The van der Waals surface area contributed by atoms with E-state index in [1.807, 2.05) is 111 Å². The first kappa shape index (κ1) is 53.8. The van der Waals surface area contributed by atoms with Gasteiger partial charge >= 0.3 is 11.9 Å². The Bertz CT molecular complexity index is 2290. The Morgan fingerprint density at radius 3 is 0.919 bits per heavy atom. The Kier molecular flexibility index (Phi) is 20.2. The third kappa shape index (κ3) is 13.4. The fourth-order valence-corrected chi connectivity index (χ4v) is 10.7. The summed E-state index contributed by atoms with van der Waals surface area (Å²) in [5.41, 5.74) is 3.25. The van der Waals surface area contributed by atoms with Crippen molar-refractivity contribution >= 4 is 11.9 Å². The highest BCUT2D eigenvalue weighted by atomic mass is 16.6. The maximum atomic E-state index is 14.2. The van der Waals surface area contributed by atoms with Crippen molar-refractivity contribution in [3.63, 3.8) is 0 Å². The van der Waals surface area contributed by atoms with Gasteiger partial charge in [0.05, 0.1) is 64.0 Å². The van der Waals surface area contributed by atoms with E-state index in [1.165, 1.54) is 0 Å². The van der Waals surface area contributed by atoms with Gasteiger partial charge in [-0.15, -0.1) is 0 Å². The molecule has 2 atom stereocenters. The van der Waals surface area contributed by atoms with Crippen LogP contribution in [0.5, 0.6) is 11.5 Å². The van der Waals surface area contributed by atoms with Gasteiger partial charge < -0.3 is 47.4 Å². The van der Waals surface area contributed by atoms with E-state index in [-0.39, 0.29) is 50.2 Å². The highest BCUT2D eigenvalue weighted by molar-refractivity contribution is 5.91. The van der Waals surface area contributed by atoms with Gasteiger partial charge in [0.15, 0.2) is 11.2 Å². The van der Waals surface area contributed by atoms with Crippen molar-refractivity contribution in [2.75, 3.05) is 79.3 Å². The summed E-state index contributed by atoms with van der Waals surface area (Å²) in [6.07, 6.45) is 7.14. The predicted molar refractivity (Wildman–Crippen MR) is 281 cm³/mol. The summed E-state index contributed by atoms with van der Waals surface area (Å²) in [7, 11) is 0. The fourth-order valence-electron chi connectivity index (χ4n) is 10.7. The lowest BCUT2D eigenvalue weighted by molar-refractivity contribution is -0.142. The van der Waals surface area contributed by atoms with Gasteiger partial charge in [0.25, 0.3) is 0 Å². The standard InChI is InChI=1S/C62H72O12/c1-47-57-55(61(73-47,49-21-11-7-12-22-49)50-23-13-8-14-24-50)29-19-5-3-4-6-20-30-56-58(48(2)74-62(56,51-25-15-9-16-26-51)52-27-17-10-18-28-52)60(64)72-46-42-68-38-36-66-40-44-70-54-33-31-53(32-34-54)69-43-39-65-35-37-67-41-45-71-59(57)63/h7-18,21-28,31-34,55-56H,3-6,19-20,29-30,35-46H2,1-2H3. The Hall–Kier alpha value is -6.44. The first-order chi connectivity index (χ1) is 36.4. The molecule has 2 bridgehead atoms. The summed E-state index contributed by atoms with van der Waals surface area (Å²) >= 11 is 0. The maximum absolute atomic E-state index is 14.2. The zero-order valence-corrected chi connectivity index (χ0v) is 43.1. The minimum atomic E-state index is -0.914. The topological polar surface area (TPSA) is 126 Å². The quantitative estimate of drug-likeness (QED) is 0.126. The second-order valence-electron chi connectivity index (χ2n) is 18.8. The molecule has 392 valence electrons. The third-order valence-electron chi connectivity index (χ3n) is 14.0. The van der Waals surface area contributed by atoms with Crippen LogP contribution < -0.4 is 9.47 Å². The molecule has 0 fully saturated rings. The molecule has 9 rings (SSSR count). The maximum Gasteiger partial charge on any atom is 0.337 e. The van der Waals surface area contributed by atoms with Crippen LogP contribution >= 0.6 is 0 Å². The number of fused-ring (bicyclic) bond motifs is 29. The number of esters is 2. The zero-order valence-electron chi connectivity index (χ0n) is 43.1. The molecule has 5 aromatic rings. The van der Waals surface area contributed by atoms with Crippen LogP contribution in [0.1, 0.15) is 87.5 Å². The summed E-state index contributed by atoms with van der Waals surface area (Å²) in [4.78, 5) is 28.4. The highest BCUT2D eigenvalue weighted by Crippen LogP contribution is 2.54. The number of rotatable bonds is 4. The first-order valence-electron chi connectivity index (χ1n) is 26.4. The van der Waals surface area contributed by atoms with Crippen molar-refractivity contribution in [3.8, 4) is 11.5 Å². The van der Waals surface area contributed by atoms with Gasteiger partial charge in [0, 0.05) is 34.1 Å². The summed E-state index contributed by atoms with van der Waals surface area (Å²) in [6.45, 7) is 7.40. The van der Waals surface area contributed by atoms with Gasteiger partial charge in [0.2, 0.25) is 0 Å². The molecule has 4 aliphatic heterocycles. The summed E-state index contributed by atoms with van der Waals surface area (Å²) < 4.78 is 60.5. The second kappa shape index (κ2) is 27.7. The van der Waals surface area contributed by atoms with Crippen molar-refractivity contribution < 1.29 is 57.0 Å². The molecule has 12 nitrogen and oxygen atoms in total. The van der Waals surface area contributed by atoms with E-state index in [9.17, 15) is 9.59 Å². The summed E-state index contributed by atoms with van der Waals surface area (Å²) in [5.74, 6) is 1.17. The van der Waals surface area contributed by atoms with E-state index in [0.717, 1.165) is 60.8 Å². The number of carbonyl (C=O) groups excluding carboxylic acids is 2. The number of allylic oxidation sites excluding steroid dienone is 2. The van der Waals surface area contributed by atoms with Crippen LogP contribution in [0, 0.1) is 11.8 Å². The van der Waals surface area contributed by atoms with E-state index in [0.29, 0.717) is 99.9 Å². The lowest BCUT2D eigenvalue weighted by atomic mass is 9.71. The number of carbonyl (C=O) groups is 2. The average molecular weight is 1010 g/mol. The largest absolute Gasteiger partial charge is 0.491 e. The minimum absolute atomic E-state index is 0.0969. The van der Waals surface area contributed by atoms with Crippen LogP contribution in [0.4, 0.5) is 0 Å². The van der Waals surface area contributed by atoms with Crippen LogP contribution in [0.15, 0.2) is 168 Å². The molecule has 12 heteroatoms. The molecular weight excluding hydrogens is 937 g/mol. The third-order valence-corrected chi connectivity index (χ3v) is 14.0. The number of ether oxygens (including phenoxy) is 10. The lowest BCUT2D eigenvalue weighted by Gasteiger charge is -2.37. The Morgan fingerprint density at radius 2 is 0.608 bits per heavy atom. The Morgan fingerprint density at radius 1 is 0.338 bits per heavy atom. The number of hydrogen-bond donors (Lipinski definition) is 0. The molecule has 0 aliphatic carbocycles. The molecule has 74 heavy (non-hydrogen) atoms. The molecule has 0 radical (unpaired) electrons. The van der Waals surface area contributed by atoms with Gasteiger partial charge in [-0.2, -0.15) is 0 Å². The number of benzene rings is 5. The van der Waals surface area contributed by atoms with E-state index in [4.69, 9.17) is 47.4 Å². The predicted octanol–water partition coefficient (Wildman–Crippen LogP) is 11.5. The normalized spacial score (nSPS) is 21.7. The van der Waals surface area contributed by atoms with Crippen LogP contribution in [0.3, 0.4) is 0 Å². The number of hydrogen-bond acceptors (Lipinski definition) is 12. The van der Waals surface area contributed by atoms with E-state index >= 15 is 0 Å². The molecule has 0 saturated carbocycles. The van der Waals surface area contributed by atoms with Gasteiger partial charge in [-0.1, -0.05) is 160 Å². The lowest BCUT2D eigenvalue weighted by Crippen LogP contribution is -2.37. The van der Waals surface area contributed by atoms with Gasteiger partial charge in [-0.25, -0.2) is 9.59 Å². The van der Waals surface area contributed by atoms with Crippen molar-refractivity contribution in [2.24, 2.45) is 11.8 Å². The van der Waals surface area contributed by atoms with E-state index < -0.39 is 11.2 Å². The first-order valence-corrected chi connectivity index (χ1v) is 26.4. The monoisotopic (exact) mass is 1010 g/mol. The molecule has 0 amide bonds. The summed E-state index contributed by atoms with van der Waals surface area (Å²) in [6, 6.07) is 48.3. The zero-order chi connectivity index (χ0) is 51.3. The summed E-state index contributed by atoms with van der Waals surface area (Å²) in [5, 5.41) is 0. The fraction of sp³-hybridized carbons (Fsp3) is 0.419. The molecule has 0 spiro atoms. The van der Waals surface area contributed by atoms with Crippen molar-refractivity contribution in [1.29, 1.82) is 0 Å². The molecule has 0 saturated heterocycles. The van der Waals surface area contributed by atoms with Crippen molar-refractivity contribution in [3.05, 3.63) is 191 Å². The van der Waals surface area contributed by atoms with Gasteiger partial charge in [0.1, 0.15) is 49.4 Å². The molecule has 0 N–H and O–H groups in total. The Labute approximate surface area is 436 Å². The highest BCUT2D eigenvalue weighted by Gasteiger charge is 2.54. The molecule has 0 aromatic heterocycles. The van der Waals surface area contributed by atoms with E-state index in [2.05, 4.69) is 48.5 Å². The smallest absolute Gasteiger partial charge is 0.337 e. The Balaban J connectivity index is 0.963. The van der Waals surface area contributed by atoms with Crippen molar-refractivity contribution in [1.82, 2.24) is 0 Å². The van der Waals surface area contributed by atoms with Crippen LogP contribution in [-0.4, -0.2) is 91.2 Å². The minimum Gasteiger partial charge on any atom is -0.491 e. The molecule has 5 aromatic carbocycles. The molecule has 4 heterocycles. The molecule has 2 unspecified atom stereocenters.